The molecule has 5 rings (SSSR count). The van der Waals surface area contributed by atoms with Crippen LogP contribution in [0.15, 0.2) is 10.5 Å². The summed E-state index contributed by atoms with van der Waals surface area (Å²) in [5.74, 6) is 0.929. The lowest BCUT2D eigenvalue weighted by Gasteiger charge is -2.38. The van der Waals surface area contributed by atoms with Gasteiger partial charge in [-0.15, -0.1) is 0 Å². The summed E-state index contributed by atoms with van der Waals surface area (Å²) in [4.78, 5) is 4.17. The Morgan fingerprint density at radius 2 is 2.13 bits per heavy atom. The Morgan fingerprint density at radius 3 is 2.74 bits per heavy atom. The summed E-state index contributed by atoms with van der Waals surface area (Å²) in [6.45, 7) is -0.222. The first kappa shape index (κ1) is 16.3. The van der Waals surface area contributed by atoms with E-state index >= 15 is 0 Å². The molecule has 23 heavy (non-hydrogen) atoms. The first-order valence-corrected chi connectivity index (χ1v) is 9.79. The molecule has 0 unspecified atom stereocenters. The topological polar surface area (TPSA) is 45.2 Å². The van der Waals surface area contributed by atoms with Crippen LogP contribution in [0.5, 0.6) is 0 Å². The van der Waals surface area contributed by atoms with Crippen LogP contribution in [-0.2, 0) is 6.61 Å². The minimum atomic E-state index is -0.419. The van der Waals surface area contributed by atoms with Crippen LogP contribution >= 0.6 is 50.1 Å². The number of halogens is 4. The third-order valence-corrected chi connectivity index (χ3v) is 7.85. The Morgan fingerprint density at radius 1 is 1.43 bits per heavy atom. The van der Waals surface area contributed by atoms with Gasteiger partial charge in [0, 0.05) is 20.6 Å². The van der Waals surface area contributed by atoms with E-state index in [9.17, 15) is 9.50 Å². The maximum atomic E-state index is 14.6. The molecule has 3 saturated carbocycles. The minimum absolute atomic E-state index is 0.154. The molecular weight excluding hydrogens is 497 g/mol. The van der Waals surface area contributed by atoms with Crippen LogP contribution in [-0.4, -0.2) is 16.1 Å². The van der Waals surface area contributed by atoms with Crippen molar-refractivity contribution < 1.29 is 9.50 Å². The molecule has 0 radical (unpaired) electrons. The summed E-state index contributed by atoms with van der Waals surface area (Å²) in [5.41, 5.74) is 1.50. The maximum Gasteiger partial charge on any atom is 0.164 e. The molecule has 7 heteroatoms. The molecule has 3 fully saturated rings. The van der Waals surface area contributed by atoms with Gasteiger partial charge in [0.2, 0.25) is 0 Å². The van der Waals surface area contributed by atoms with Gasteiger partial charge in [0.1, 0.15) is 10.7 Å². The molecule has 3 aliphatic rings. The van der Waals surface area contributed by atoms with E-state index < -0.39 is 5.82 Å². The number of fused-ring (bicyclic) bond motifs is 2. The van der Waals surface area contributed by atoms with Crippen molar-refractivity contribution in [2.75, 3.05) is 5.32 Å². The van der Waals surface area contributed by atoms with Crippen molar-refractivity contribution in [2.45, 2.75) is 31.9 Å². The Labute approximate surface area is 160 Å². The third-order valence-electron chi connectivity index (χ3n) is 5.17. The highest BCUT2D eigenvalue weighted by atomic mass is 127. The van der Waals surface area contributed by atoms with Crippen LogP contribution in [0.3, 0.4) is 0 Å². The fraction of sp³-hybridized carbons (Fsp3) is 0.438. The Hall–Kier alpha value is -0.180. The molecule has 3 atom stereocenters. The van der Waals surface area contributed by atoms with Crippen molar-refractivity contribution in [2.24, 2.45) is 11.8 Å². The van der Waals surface area contributed by atoms with E-state index in [0.29, 0.717) is 33.3 Å². The largest absolute Gasteiger partial charge is 0.391 e. The molecule has 0 spiro atoms. The predicted molar refractivity (Wildman–Crippen MR) is 101 cm³/mol. The van der Waals surface area contributed by atoms with Crippen molar-refractivity contribution in [3.05, 3.63) is 30.6 Å². The molecule has 2 N–H and O–H groups in total. The molecule has 1 heterocycles. The molecule has 0 saturated heterocycles. The monoisotopic (exact) mass is 510 g/mol. The number of hydrogen-bond donors (Lipinski definition) is 2. The van der Waals surface area contributed by atoms with E-state index in [2.05, 4.69) is 48.8 Å². The second-order valence-electron chi connectivity index (χ2n) is 6.30. The molecule has 3 nitrogen and oxygen atoms in total. The SMILES string of the molecule is OCc1c(Cl)nc2c(F)c(Br)c(I)cc2c1N[C@@H]1[C@@H]2CC[C@H]1C2. The average Bonchev–Trinajstić information content (AvgIpc) is 3.15. The molecule has 2 bridgehead atoms. The van der Waals surface area contributed by atoms with Crippen LogP contribution in [0.4, 0.5) is 10.1 Å². The number of benzene rings is 1. The molecule has 0 aliphatic heterocycles. The van der Waals surface area contributed by atoms with Gasteiger partial charge in [-0.05, 0) is 75.7 Å². The standard InChI is InChI=1S/C16H14BrClFIN2O/c17-11-10(20)4-8-14(21-13-6-1-2-7(13)3-6)9(5-23)16(18)22-15(8)12(11)19/h4,6-7,13,23H,1-3,5H2,(H,21,22)/t6-,7+,13-. The van der Waals surface area contributed by atoms with Crippen molar-refractivity contribution in [1.29, 1.82) is 0 Å². The minimum Gasteiger partial charge on any atom is -0.391 e. The number of nitrogens with zero attached hydrogens (tertiary/aromatic N) is 1. The normalized spacial score (nSPS) is 25.7. The summed E-state index contributed by atoms with van der Waals surface area (Å²) >= 11 is 11.6. The summed E-state index contributed by atoms with van der Waals surface area (Å²) in [6, 6.07) is 2.28. The lowest BCUT2D eigenvalue weighted by atomic mass is 9.78. The van der Waals surface area contributed by atoms with Crippen LogP contribution in [0.25, 0.3) is 10.9 Å². The molecule has 3 aliphatic carbocycles. The van der Waals surface area contributed by atoms with Crippen LogP contribution in [0, 0.1) is 21.2 Å². The van der Waals surface area contributed by atoms with Crippen molar-refractivity contribution >= 4 is 66.7 Å². The Bertz CT molecular complexity index is 805. The van der Waals surface area contributed by atoms with Crippen LogP contribution in [0.1, 0.15) is 24.8 Å². The van der Waals surface area contributed by atoms with E-state index in [0.717, 1.165) is 9.26 Å². The predicted octanol–water partition coefficient (Wildman–Crippen LogP) is 5.10. The fourth-order valence-electron chi connectivity index (χ4n) is 3.92. The van der Waals surface area contributed by atoms with Gasteiger partial charge in [-0.2, -0.15) is 0 Å². The van der Waals surface area contributed by atoms with Crippen molar-refractivity contribution in [3.8, 4) is 0 Å². The highest BCUT2D eigenvalue weighted by Gasteiger charge is 2.46. The van der Waals surface area contributed by atoms with Gasteiger partial charge in [0.25, 0.3) is 0 Å². The number of anilines is 1. The third kappa shape index (κ3) is 2.48. The first-order valence-electron chi connectivity index (χ1n) is 7.54. The zero-order valence-corrected chi connectivity index (χ0v) is 16.5. The molecule has 0 amide bonds. The molecule has 1 aromatic carbocycles. The van der Waals surface area contributed by atoms with Gasteiger partial charge in [0.05, 0.1) is 16.8 Å². The Balaban J connectivity index is 1.92. The zero-order chi connectivity index (χ0) is 16.3. The number of aromatic nitrogens is 1. The number of rotatable bonds is 3. The van der Waals surface area contributed by atoms with Crippen LogP contribution < -0.4 is 5.32 Å². The summed E-state index contributed by atoms with van der Waals surface area (Å²) in [7, 11) is 0. The summed E-state index contributed by atoms with van der Waals surface area (Å²) in [5, 5.41) is 14.1. The number of hydrogen-bond acceptors (Lipinski definition) is 3. The average molecular weight is 512 g/mol. The fourth-order valence-corrected chi connectivity index (χ4v) is 5.01. The lowest BCUT2D eigenvalue weighted by molar-refractivity contribution is 0.260. The second kappa shape index (κ2) is 5.97. The highest BCUT2D eigenvalue weighted by Crippen LogP contribution is 2.51. The van der Waals surface area contributed by atoms with Gasteiger partial charge in [-0.25, -0.2) is 9.37 Å². The number of aliphatic hydroxyl groups is 1. The van der Waals surface area contributed by atoms with Gasteiger partial charge >= 0.3 is 0 Å². The number of aliphatic hydroxyl groups excluding tert-OH is 1. The zero-order valence-electron chi connectivity index (χ0n) is 12.0. The molecular formula is C16H14BrClFIN2O. The van der Waals surface area contributed by atoms with Gasteiger partial charge < -0.3 is 10.4 Å². The van der Waals surface area contributed by atoms with E-state index in [-0.39, 0.29) is 17.3 Å². The summed E-state index contributed by atoms with van der Waals surface area (Å²) < 4.78 is 15.7. The van der Waals surface area contributed by atoms with E-state index in [1.807, 2.05) is 6.07 Å². The van der Waals surface area contributed by atoms with Crippen molar-refractivity contribution in [3.63, 3.8) is 0 Å². The second-order valence-corrected chi connectivity index (χ2v) is 8.61. The molecule has 122 valence electrons. The molecule has 1 aromatic heterocycles. The maximum absolute atomic E-state index is 14.6. The van der Waals surface area contributed by atoms with Crippen LogP contribution in [0.2, 0.25) is 5.15 Å². The number of pyridine rings is 1. The first-order chi connectivity index (χ1) is 11.0. The van der Waals surface area contributed by atoms with E-state index in [1.165, 1.54) is 19.3 Å². The quantitative estimate of drug-likeness (QED) is 0.343. The molecule has 2 aromatic rings. The number of nitrogens with one attached hydrogen (secondary N) is 1. The van der Waals surface area contributed by atoms with E-state index in [4.69, 9.17) is 11.6 Å². The van der Waals surface area contributed by atoms with Gasteiger partial charge in [0.15, 0.2) is 5.82 Å². The van der Waals surface area contributed by atoms with Gasteiger partial charge in [-0.1, -0.05) is 11.6 Å². The summed E-state index contributed by atoms with van der Waals surface area (Å²) in [6.07, 6.45) is 3.75. The van der Waals surface area contributed by atoms with Gasteiger partial charge in [-0.3, -0.25) is 0 Å². The smallest absolute Gasteiger partial charge is 0.164 e. The lowest BCUT2D eigenvalue weighted by Crippen LogP contribution is -2.40. The highest BCUT2D eigenvalue weighted by molar-refractivity contribution is 14.1. The Kier molecular flexibility index (Phi) is 4.23. The van der Waals surface area contributed by atoms with E-state index in [1.54, 1.807) is 0 Å². The van der Waals surface area contributed by atoms with Crippen molar-refractivity contribution in [1.82, 2.24) is 4.98 Å².